The predicted molar refractivity (Wildman–Crippen MR) is 57.1 cm³/mol. The van der Waals surface area contributed by atoms with Gasteiger partial charge in [-0.15, -0.1) is 0 Å². The second kappa shape index (κ2) is 3.97. The van der Waals surface area contributed by atoms with Crippen LogP contribution in [-0.2, 0) is 0 Å². The molecule has 3 unspecified atom stereocenters. The largest absolute Gasteiger partial charge is 0.271 e. The average Bonchev–Trinajstić information content (AvgIpc) is 2.34. The third-order valence-electron chi connectivity index (χ3n) is 3.32. The summed E-state index contributed by atoms with van der Waals surface area (Å²) in [6, 6.07) is 0.470. The van der Waals surface area contributed by atoms with Crippen LogP contribution in [0.5, 0.6) is 0 Å². The Morgan fingerprint density at radius 1 is 1.31 bits per heavy atom. The molecule has 2 nitrogen and oxygen atoms in total. The molecule has 0 saturated heterocycles. The third kappa shape index (κ3) is 2.68. The zero-order chi connectivity index (χ0) is 10.1. The Labute approximate surface area is 82.2 Å². The van der Waals surface area contributed by atoms with E-state index in [2.05, 4.69) is 33.1 Å². The Bertz CT molecular complexity index is 160. The Balaban J connectivity index is 2.57. The topological polar surface area (TPSA) is 38.0 Å². The van der Waals surface area contributed by atoms with E-state index < -0.39 is 0 Å². The van der Waals surface area contributed by atoms with Gasteiger partial charge in [-0.2, -0.15) is 0 Å². The molecular formula is C11H24N2. The molecule has 0 spiro atoms. The fourth-order valence-corrected chi connectivity index (χ4v) is 2.65. The number of hydrogen-bond acceptors (Lipinski definition) is 2. The van der Waals surface area contributed by atoms with E-state index in [0.29, 0.717) is 6.04 Å². The molecule has 2 heteroatoms. The van der Waals surface area contributed by atoms with E-state index in [0.717, 1.165) is 11.8 Å². The molecule has 0 aromatic heterocycles. The number of hydrogen-bond donors (Lipinski definition) is 2. The van der Waals surface area contributed by atoms with E-state index >= 15 is 0 Å². The number of nitrogens with one attached hydrogen (secondary N) is 1. The van der Waals surface area contributed by atoms with Crippen molar-refractivity contribution in [2.45, 2.75) is 53.0 Å². The molecule has 0 aliphatic heterocycles. The SMILES string of the molecule is CC1CCC(C(NN)C(C)(C)C)C1. The standard InChI is InChI=1S/C11H24N2/c1-8-5-6-9(7-8)10(13-12)11(2,3)4/h8-10,13H,5-7,12H2,1-4H3. The molecule has 1 fully saturated rings. The van der Waals surface area contributed by atoms with Gasteiger partial charge < -0.3 is 0 Å². The lowest BCUT2D eigenvalue weighted by Gasteiger charge is -2.34. The van der Waals surface area contributed by atoms with Crippen molar-refractivity contribution in [2.75, 3.05) is 0 Å². The lowest BCUT2D eigenvalue weighted by Crippen LogP contribution is -2.48. The fourth-order valence-electron chi connectivity index (χ4n) is 2.65. The lowest BCUT2D eigenvalue weighted by atomic mass is 9.78. The van der Waals surface area contributed by atoms with Crippen molar-refractivity contribution in [3.63, 3.8) is 0 Å². The highest BCUT2D eigenvalue weighted by Crippen LogP contribution is 2.38. The van der Waals surface area contributed by atoms with Crippen molar-refractivity contribution >= 4 is 0 Å². The van der Waals surface area contributed by atoms with Crippen LogP contribution < -0.4 is 11.3 Å². The van der Waals surface area contributed by atoms with E-state index in [1.165, 1.54) is 19.3 Å². The Morgan fingerprint density at radius 3 is 2.23 bits per heavy atom. The highest BCUT2D eigenvalue weighted by molar-refractivity contribution is 4.89. The number of hydrazine groups is 1. The predicted octanol–water partition coefficient (Wildman–Crippen LogP) is 2.30. The first-order chi connectivity index (χ1) is 5.95. The maximum atomic E-state index is 5.63. The van der Waals surface area contributed by atoms with Crippen LogP contribution in [0.1, 0.15) is 47.0 Å². The molecule has 3 N–H and O–H groups in total. The van der Waals surface area contributed by atoms with Crippen molar-refractivity contribution in [1.82, 2.24) is 5.43 Å². The van der Waals surface area contributed by atoms with Crippen molar-refractivity contribution in [1.29, 1.82) is 0 Å². The van der Waals surface area contributed by atoms with Gasteiger partial charge >= 0.3 is 0 Å². The molecule has 1 saturated carbocycles. The van der Waals surface area contributed by atoms with Crippen molar-refractivity contribution < 1.29 is 0 Å². The van der Waals surface area contributed by atoms with Crippen LogP contribution in [0, 0.1) is 17.3 Å². The fraction of sp³-hybridized carbons (Fsp3) is 1.00. The molecule has 0 aromatic rings. The maximum absolute atomic E-state index is 5.63. The molecule has 78 valence electrons. The van der Waals surface area contributed by atoms with Gasteiger partial charge in [0, 0.05) is 6.04 Å². The summed E-state index contributed by atoms with van der Waals surface area (Å²) in [6.07, 6.45) is 4.05. The van der Waals surface area contributed by atoms with Gasteiger partial charge in [-0.25, -0.2) is 0 Å². The van der Waals surface area contributed by atoms with E-state index in [9.17, 15) is 0 Å². The highest BCUT2D eigenvalue weighted by atomic mass is 15.2. The first-order valence-corrected chi connectivity index (χ1v) is 5.41. The van der Waals surface area contributed by atoms with E-state index in [4.69, 9.17) is 5.84 Å². The summed E-state index contributed by atoms with van der Waals surface area (Å²) in [5.41, 5.74) is 3.29. The van der Waals surface area contributed by atoms with Crippen molar-refractivity contribution in [3.8, 4) is 0 Å². The second-order valence-corrected chi connectivity index (χ2v) is 5.69. The zero-order valence-corrected chi connectivity index (χ0v) is 9.43. The molecular weight excluding hydrogens is 160 g/mol. The van der Waals surface area contributed by atoms with Gasteiger partial charge in [0.05, 0.1) is 0 Å². The molecule has 0 heterocycles. The Morgan fingerprint density at radius 2 is 1.92 bits per heavy atom. The van der Waals surface area contributed by atoms with Crippen LogP contribution >= 0.6 is 0 Å². The first kappa shape index (κ1) is 11.0. The van der Waals surface area contributed by atoms with Gasteiger partial charge in [-0.1, -0.05) is 34.1 Å². The molecule has 0 amide bonds. The Hall–Kier alpha value is -0.0800. The molecule has 0 aromatic carbocycles. The quantitative estimate of drug-likeness (QED) is 0.510. The molecule has 1 rings (SSSR count). The minimum Gasteiger partial charge on any atom is -0.271 e. The number of rotatable bonds is 2. The molecule has 0 bridgehead atoms. The first-order valence-electron chi connectivity index (χ1n) is 5.41. The maximum Gasteiger partial charge on any atom is 0.0287 e. The van der Waals surface area contributed by atoms with Crippen LogP contribution in [0.4, 0.5) is 0 Å². The minimum atomic E-state index is 0.281. The van der Waals surface area contributed by atoms with Crippen molar-refractivity contribution in [2.24, 2.45) is 23.1 Å². The van der Waals surface area contributed by atoms with E-state index in [-0.39, 0.29) is 5.41 Å². The van der Waals surface area contributed by atoms with Crippen LogP contribution in [-0.4, -0.2) is 6.04 Å². The van der Waals surface area contributed by atoms with Crippen LogP contribution in [0.25, 0.3) is 0 Å². The van der Waals surface area contributed by atoms with Gasteiger partial charge in [0.2, 0.25) is 0 Å². The summed E-state index contributed by atoms with van der Waals surface area (Å²) in [6.45, 7) is 9.14. The summed E-state index contributed by atoms with van der Waals surface area (Å²) >= 11 is 0. The molecule has 0 radical (unpaired) electrons. The molecule has 1 aliphatic carbocycles. The number of nitrogens with two attached hydrogens (primary N) is 1. The molecule has 3 atom stereocenters. The summed E-state index contributed by atoms with van der Waals surface area (Å²) in [5, 5.41) is 0. The summed E-state index contributed by atoms with van der Waals surface area (Å²) in [5.74, 6) is 7.30. The van der Waals surface area contributed by atoms with Gasteiger partial charge in [0.15, 0.2) is 0 Å². The van der Waals surface area contributed by atoms with E-state index in [1.54, 1.807) is 0 Å². The van der Waals surface area contributed by atoms with Gasteiger partial charge in [-0.3, -0.25) is 11.3 Å². The average molecular weight is 184 g/mol. The van der Waals surface area contributed by atoms with Crippen LogP contribution in [0.3, 0.4) is 0 Å². The lowest BCUT2D eigenvalue weighted by molar-refractivity contribution is 0.193. The summed E-state index contributed by atoms with van der Waals surface area (Å²) in [7, 11) is 0. The minimum absolute atomic E-state index is 0.281. The Kier molecular flexibility index (Phi) is 3.36. The summed E-state index contributed by atoms with van der Waals surface area (Å²) in [4.78, 5) is 0. The van der Waals surface area contributed by atoms with Crippen LogP contribution in [0.2, 0.25) is 0 Å². The second-order valence-electron chi connectivity index (χ2n) is 5.69. The van der Waals surface area contributed by atoms with Gasteiger partial charge in [0.1, 0.15) is 0 Å². The van der Waals surface area contributed by atoms with E-state index in [1.807, 2.05) is 0 Å². The molecule has 13 heavy (non-hydrogen) atoms. The third-order valence-corrected chi connectivity index (χ3v) is 3.32. The summed E-state index contributed by atoms with van der Waals surface area (Å²) < 4.78 is 0. The van der Waals surface area contributed by atoms with Gasteiger partial charge in [0.25, 0.3) is 0 Å². The normalized spacial score (nSPS) is 32.1. The van der Waals surface area contributed by atoms with Gasteiger partial charge in [-0.05, 0) is 30.1 Å². The zero-order valence-electron chi connectivity index (χ0n) is 9.43. The monoisotopic (exact) mass is 184 g/mol. The highest BCUT2D eigenvalue weighted by Gasteiger charge is 2.35. The van der Waals surface area contributed by atoms with Crippen LogP contribution in [0.15, 0.2) is 0 Å². The molecule has 1 aliphatic rings. The smallest absolute Gasteiger partial charge is 0.0287 e. The van der Waals surface area contributed by atoms with Crippen molar-refractivity contribution in [3.05, 3.63) is 0 Å².